The van der Waals surface area contributed by atoms with Crippen molar-refractivity contribution in [3.8, 4) is 0 Å². The molecule has 2 unspecified atom stereocenters. The molecule has 5 heteroatoms. The van der Waals surface area contributed by atoms with Crippen LogP contribution < -0.4 is 16.6 Å². The van der Waals surface area contributed by atoms with E-state index in [2.05, 4.69) is 29.6 Å². The average Bonchev–Trinajstić information content (AvgIpc) is 2.11. The van der Waals surface area contributed by atoms with E-state index in [1.807, 2.05) is 0 Å². The molecule has 1 aliphatic heterocycles. The van der Waals surface area contributed by atoms with Gasteiger partial charge in [-0.1, -0.05) is 0 Å². The lowest BCUT2D eigenvalue weighted by atomic mass is 9.99. The summed E-state index contributed by atoms with van der Waals surface area (Å²) in [6, 6.07) is 1.08. The molecule has 0 saturated carbocycles. The van der Waals surface area contributed by atoms with E-state index in [1.54, 1.807) is 0 Å². The summed E-state index contributed by atoms with van der Waals surface area (Å²) in [4.78, 5) is 2.36. The molecular weight excluding hydrogens is 184 g/mol. The molecule has 0 aromatic rings. The highest BCUT2D eigenvalue weighted by molar-refractivity contribution is 7.80. The largest absolute Gasteiger partial charge is 0.359 e. The van der Waals surface area contributed by atoms with E-state index in [0.29, 0.717) is 17.2 Å². The van der Waals surface area contributed by atoms with Gasteiger partial charge in [0.25, 0.3) is 0 Å². The van der Waals surface area contributed by atoms with E-state index < -0.39 is 0 Å². The van der Waals surface area contributed by atoms with Crippen molar-refractivity contribution in [3.05, 3.63) is 0 Å². The first-order valence-corrected chi connectivity index (χ1v) is 5.01. The Labute approximate surface area is 84.8 Å². The number of nitrogens with one attached hydrogen (secondary N) is 2. The van der Waals surface area contributed by atoms with E-state index in [1.165, 1.54) is 0 Å². The van der Waals surface area contributed by atoms with Gasteiger partial charge in [-0.3, -0.25) is 0 Å². The molecule has 1 aliphatic rings. The maximum atomic E-state index is 5.19. The third kappa shape index (κ3) is 3.10. The van der Waals surface area contributed by atoms with Crippen molar-refractivity contribution in [2.24, 2.45) is 5.84 Å². The first-order valence-electron chi connectivity index (χ1n) is 4.61. The highest BCUT2D eigenvalue weighted by Crippen LogP contribution is 2.14. The Morgan fingerprint density at radius 3 is 2.85 bits per heavy atom. The summed E-state index contributed by atoms with van der Waals surface area (Å²) in [7, 11) is 2.15. The maximum Gasteiger partial charge on any atom is 0.180 e. The molecule has 0 bridgehead atoms. The third-order valence-electron chi connectivity index (χ3n) is 2.67. The van der Waals surface area contributed by atoms with E-state index >= 15 is 0 Å². The number of hydrogen-bond acceptors (Lipinski definition) is 3. The molecule has 0 radical (unpaired) electrons. The van der Waals surface area contributed by atoms with Crippen LogP contribution >= 0.6 is 12.2 Å². The second kappa shape index (κ2) is 4.74. The minimum absolute atomic E-state index is 0.467. The summed E-state index contributed by atoms with van der Waals surface area (Å²) in [5.41, 5.74) is 2.45. The van der Waals surface area contributed by atoms with Crippen molar-refractivity contribution >= 4 is 17.3 Å². The number of nitrogens with two attached hydrogens (primary N) is 1. The number of piperidine rings is 1. The summed E-state index contributed by atoms with van der Waals surface area (Å²) in [5.74, 6) is 5.19. The number of hydrazine groups is 1. The van der Waals surface area contributed by atoms with Crippen LogP contribution in [0.1, 0.15) is 19.8 Å². The fraction of sp³-hybridized carbons (Fsp3) is 0.875. The summed E-state index contributed by atoms with van der Waals surface area (Å²) >= 11 is 4.94. The van der Waals surface area contributed by atoms with Gasteiger partial charge in [0.05, 0.1) is 0 Å². The lowest BCUT2D eigenvalue weighted by molar-refractivity contribution is 0.177. The molecule has 0 aromatic heterocycles. The maximum absolute atomic E-state index is 5.19. The fourth-order valence-corrected chi connectivity index (χ4v) is 1.81. The predicted molar refractivity (Wildman–Crippen MR) is 58.2 cm³/mol. The number of rotatable bonds is 1. The number of thiocarbonyl (C=S) groups is 1. The Balaban J connectivity index is 2.33. The Hall–Kier alpha value is -0.390. The second-order valence-corrected chi connectivity index (χ2v) is 4.08. The molecule has 1 saturated heterocycles. The molecule has 0 spiro atoms. The summed E-state index contributed by atoms with van der Waals surface area (Å²) in [5, 5.41) is 3.73. The topological polar surface area (TPSA) is 53.3 Å². The normalized spacial score (nSPS) is 29.8. The average molecular weight is 202 g/mol. The number of hydrogen-bond donors (Lipinski definition) is 3. The highest BCUT2D eigenvalue weighted by Gasteiger charge is 2.22. The van der Waals surface area contributed by atoms with E-state index in [9.17, 15) is 0 Å². The monoisotopic (exact) mass is 202 g/mol. The van der Waals surface area contributed by atoms with Gasteiger partial charge < -0.3 is 15.6 Å². The molecule has 2 atom stereocenters. The van der Waals surface area contributed by atoms with Gasteiger partial charge in [0.15, 0.2) is 5.11 Å². The zero-order chi connectivity index (χ0) is 9.84. The van der Waals surface area contributed by atoms with Crippen LogP contribution in [0.2, 0.25) is 0 Å². The highest BCUT2D eigenvalue weighted by atomic mass is 32.1. The van der Waals surface area contributed by atoms with Crippen LogP contribution in [0.15, 0.2) is 0 Å². The van der Waals surface area contributed by atoms with E-state index in [4.69, 9.17) is 18.1 Å². The Bertz CT molecular complexity index is 185. The van der Waals surface area contributed by atoms with Gasteiger partial charge >= 0.3 is 0 Å². The van der Waals surface area contributed by atoms with Crippen LogP contribution in [0.25, 0.3) is 0 Å². The van der Waals surface area contributed by atoms with Gasteiger partial charge in [0, 0.05) is 18.6 Å². The predicted octanol–water partition coefficient (Wildman–Crippen LogP) is -0.193. The first-order chi connectivity index (χ1) is 6.13. The van der Waals surface area contributed by atoms with Crippen LogP contribution in [0.3, 0.4) is 0 Å². The lowest BCUT2D eigenvalue weighted by Crippen LogP contribution is -2.51. The SMILES string of the molecule is CC1CC(NC(=S)NN)CCN1C. The minimum atomic E-state index is 0.467. The molecule has 0 amide bonds. The smallest absolute Gasteiger partial charge is 0.180 e. The first kappa shape index (κ1) is 10.7. The minimum Gasteiger partial charge on any atom is -0.359 e. The van der Waals surface area contributed by atoms with Crippen LogP contribution in [0.4, 0.5) is 0 Å². The summed E-state index contributed by atoms with van der Waals surface area (Å²) in [6.07, 6.45) is 2.25. The van der Waals surface area contributed by atoms with Crippen molar-refractivity contribution in [1.82, 2.24) is 15.6 Å². The van der Waals surface area contributed by atoms with Gasteiger partial charge in [0.2, 0.25) is 0 Å². The van der Waals surface area contributed by atoms with E-state index in [-0.39, 0.29) is 0 Å². The van der Waals surface area contributed by atoms with Gasteiger partial charge in [0.1, 0.15) is 0 Å². The fourth-order valence-electron chi connectivity index (χ4n) is 1.65. The van der Waals surface area contributed by atoms with Crippen LogP contribution in [-0.2, 0) is 0 Å². The van der Waals surface area contributed by atoms with Crippen molar-refractivity contribution in [1.29, 1.82) is 0 Å². The number of nitrogens with zero attached hydrogens (tertiary/aromatic N) is 1. The van der Waals surface area contributed by atoms with Gasteiger partial charge in [-0.15, -0.1) is 0 Å². The zero-order valence-electron chi connectivity index (χ0n) is 8.21. The van der Waals surface area contributed by atoms with Crippen molar-refractivity contribution in [2.45, 2.75) is 31.8 Å². The molecule has 4 N–H and O–H groups in total. The molecule has 13 heavy (non-hydrogen) atoms. The molecule has 1 rings (SSSR count). The lowest BCUT2D eigenvalue weighted by Gasteiger charge is -2.35. The molecule has 0 aromatic carbocycles. The zero-order valence-corrected chi connectivity index (χ0v) is 9.03. The molecule has 4 nitrogen and oxygen atoms in total. The van der Waals surface area contributed by atoms with Crippen LogP contribution in [0.5, 0.6) is 0 Å². The molecule has 1 fully saturated rings. The quantitative estimate of drug-likeness (QED) is 0.312. The molecule has 1 heterocycles. The standard InChI is InChI=1S/C8H18N4S/c1-6-5-7(3-4-12(6)2)10-8(13)11-9/h6-7H,3-5,9H2,1-2H3,(H2,10,11,13). The van der Waals surface area contributed by atoms with Crippen LogP contribution in [-0.4, -0.2) is 35.7 Å². The second-order valence-electron chi connectivity index (χ2n) is 3.67. The Kier molecular flexibility index (Phi) is 3.90. The Morgan fingerprint density at radius 1 is 1.62 bits per heavy atom. The van der Waals surface area contributed by atoms with Gasteiger partial charge in [-0.05, 0) is 39.0 Å². The summed E-state index contributed by atoms with van der Waals surface area (Å²) in [6.45, 7) is 3.35. The van der Waals surface area contributed by atoms with Crippen LogP contribution in [0, 0.1) is 0 Å². The van der Waals surface area contributed by atoms with Crippen molar-refractivity contribution in [3.63, 3.8) is 0 Å². The number of likely N-dealkylation sites (tertiary alicyclic amines) is 1. The van der Waals surface area contributed by atoms with Crippen molar-refractivity contribution < 1.29 is 0 Å². The van der Waals surface area contributed by atoms with Gasteiger partial charge in [-0.25, -0.2) is 5.84 Å². The van der Waals surface area contributed by atoms with Crippen molar-refractivity contribution in [2.75, 3.05) is 13.6 Å². The molecule has 76 valence electrons. The third-order valence-corrected chi connectivity index (χ3v) is 2.91. The Morgan fingerprint density at radius 2 is 2.31 bits per heavy atom. The van der Waals surface area contributed by atoms with E-state index in [0.717, 1.165) is 19.4 Å². The molecular formula is C8H18N4S. The van der Waals surface area contributed by atoms with Gasteiger partial charge in [-0.2, -0.15) is 0 Å². The molecule has 0 aliphatic carbocycles. The summed E-state index contributed by atoms with van der Waals surface area (Å²) < 4.78 is 0.